The fraction of sp³-hybridized carbons (Fsp3) is 0.357. The summed E-state index contributed by atoms with van der Waals surface area (Å²) in [6.45, 7) is 1.90. The van der Waals surface area contributed by atoms with Crippen molar-refractivity contribution in [1.82, 2.24) is 4.90 Å². The molecule has 1 aliphatic rings. The van der Waals surface area contributed by atoms with Crippen molar-refractivity contribution < 1.29 is 23.2 Å². The number of aldehydes is 1. The van der Waals surface area contributed by atoms with Gasteiger partial charge in [0.1, 0.15) is 10.8 Å². The van der Waals surface area contributed by atoms with Crippen LogP contribution in [0.4, 0.5) is 14.5 Å². The van der Waals surface area contributed by atoms with Crippen LogP contribution in [0.25, 0.3) is 0 Å². The van der Waals surface area contributed by atoms with E-state index in [-0.39, 0.29) is 18.5 Å². The molecule has 1 unspecified atom stereocenters. The highest BCUT2D eigenvalue weighted by Crippen LogP contribution is 2.28. The Hall–Kier alpha value is -2.02. The van der Waals surface area contributed by atoms with Crippen LogP contribution < -0.4 is 5.32 Å². The van der Waals surface area contributed by atoms with E-state index in [1.54, 1.807) is 6.92 Å². The molecule has 1 aromatic rings. The van der Waals surface area contributed by atoms with Crippen LogP contribution in [-0.4, -0.2) is 35.6 Å². The van der Waals surface area contributed by atoms with E-state index in [9.17, 15) is 23.2 Å². The summed E-state index contributed by atoms with van der Waals surface area (Å²) in [6, 6.07) is 1.53. The number of benzene rings is 1. The third kappa shape index (κ3) is 2.94. The molecule has 0 aliphatic carbocycles. The third-order valence-electron chi connectivity index (χ3n) is 3.77. The van der Waals surface area contributed by atoms with E-state index in [2.05, 4.69) is 5.32 Å². The highest BCUT2D eigenvalue weighted by molar-refractivity contribution is 6.31. The van der Waals surface area contributed by atoms with Gasteiger partial charge in [-0.15, -0.1) is 0 Å². The standard InChI is InChI=1S/C14H13ClF2N2O3/c1-7-8(4-5-19(7)11(21)6-20)14(22)18-10-3-2-9(16)12(15)13(10)17/h2-3,6-8H,4-5H2,1H3,(H,18,22)/t7-,8?/m0/s1. The third-order valence-corrected chi connectivity index (χ3v) is 4.12. The number of rotatable bonds is 3. The smallest absolute Gasteiger partial charge is 0.286 e. The van der Waals surface area contributed by atoms with Crippen LogP contribution in [-0.2, 0) is 14.4 Å². The number of likely N-dealkylation sites (tertiary alicyclic amines) is 1. The molecule has 8 heteroatoms. The minimum Gasteiger partial charge on any atom is -0.333 e. The van der Waals surface area contributed by atoms with E-state index >= 15 is 0 Å². The number of amides is 2. The molecular formula is C14H13ClF2N2O3. The number of nitrogens with one attached hydrogen (secondary N) is 1. The monoisotopic (exact) mass is 330 g/mol. The van der Waals surface area contributed by atoms with Crippen LogP contribution in [0, 0.1) is 17.6 Å². The second-order valence-corrected chi connectivity index (χ2v) is 5.38. The molecule has 5 nitrogen and oxygen atoms in total. The van der Waals surface area contributed by atoms with Crippen molar-refractivity contribution in [1.29, 1.82) is 0 Å². The number of hydrogen-bond acceptors (Lipinski definition) is 3. The highest BCUT2D eigenvalue weighted by Gasteiger charge is 2.38. The molecule has 1 aromatic carbocycles. The number of halogens is 3. The molecule has 1 fully saturated rings. The molecule has 0 saturated carbocycles. The summed E-state index contributed by atoms with van der Waals surface area (Å²) in [5.74, 6) is -3.78. The number of hydrogen-bond donors (Lipinski definition) is 1. The molecule has 2 amide bonds. The normalized spacial score (nSPS) is 20.8. The highest BCUT2D eigenvalue weighted by atomic mass is 35.5. The fourth-order valence-electron chi connectivity index (χ4n) is 2.52. The Bertz CT molecular complexity index is 639. The average Bonchev–Trinajstić information content (AvgIpc) is 2.88. The lowest BCUT2D eigenvalue weighted by Crippen LogP contribution is -2.39. The van der Waals surface area contributed by atoms with Crippen molar-refractivity contribution in [2.45, 2.75) is 19.4 Å². The average molecular weight is 331 g/mol. The molecular weight excluding hydrogens is 318 g/mol. The van der Waals surface area contributed by atoms with Gasteiger partial charge in [-0.3, -0.25) is 14.4 Å². The lowest BCUT2D eigenvalue weighted by Gasteiger charge is -2.22. The van der Waals surface area contributed by atoms with Crippen LogP contribution >= 0.6 is 11.6 Å². The van der Waals surface area contributed by atoms with E-state index in [0.29, 0.717) is 6.42 Å². The summed E-state index contributed by atoms with van der Waals surface area (Å²) in [5, 5.41) is 1.64. The molecule has 2 atom stereocenters. The first kappa shape index (κ1) is 16.4. The molecule has 2 rings (SSSR count). The number of nitrogens with zero attached hydrogens (tertiary/aromatic N) is 1. The Morgan fingerprint density at radius 1 is 1.41 bits per heavy atom. The molecule has 1 N–H and O–H groups in total. The van der Waals surface area contributed by atoms with Gasteiger partial charge in [-0.2, -0.15) is 0 Å². The molecule has 1 heterocycles. The van der Waals surface area contributed by atoms with Crippen molar-refractivity contribution >= 4 is 35.4 Å². The van der Waals surface area contributed by atoms with E-state index in [1.165, 1.54) is 4.90 Å². The van der Waals surface area contributed by atoms with Gasteiger partial charge >= 0.3 is 0 Å². The van der Waals surface area contributed by atoms with Gasteiger partial charge < -0.3 is 10.2 Å². The molecule has 22 heavy (non-hydrogen) atoms. The molecule has 0 spiro atoms. The van der Waals surface area contributed by atoms with Gasteiger partial charge in [0.15, 0.2) is 5.82 Å². The first-order valence-electron chi connectivity index (χ1n) is 6.57. The van der Waals surface area contributed by atoms with E-state index in [4.69, 9.17) is 11.6 Å². The summed E-state index contributed by atoms with van der Waals surface area (Å²) in [5.41, 5.74) is -0.233. The van der Waals surface area contributed by atoms with Crippen LogP contribution in [0.1, 0.15) is 13.3 Å². The summed E-state index contributed by atoms with van der Waals surface area (Å²) in [6.07, 6.45) is 0.541. The van der Waals surface area contributed by atoms with Crippen LogP contribution in [0.2, 0.25) is 5.02 Å². The summed E-state index contributed by atoms with van der Waals surface area (Å²) < 4.78 is 26.8. The van der Waals surface area contributed by atoms with Gasteiger partial charge in [-0.1, -0.05) is 11.6 Å². The van der Waals surface area contributed by atoms with Crippen LogP contribution in [0.5, 0.6) is 0 Å². The molecule has 0 bridgehead atoms. The molecule has 1 aliphatic heterocycles. The maximum atomic E-state index is 13.8. The molecule has 0 radical (unpaired) electrons. The Balaban J connectivity index is 2.12. The molecule has 1 saturated heterocycles. The number of carbonyl (C=O) groups is 3. The second kappa shape index (κ2) is 6.39. The zero-order valence-electron chi connectivity index (χ0n) is 11.6. The Labute approximate surface area is 130 Å². The van der Waals surface area contributed by atoms with Gasteiger partial charge in [-0.05, 0) is 25.5 Å². The van der Waals surface area contributed by atoms with Gasteiger partial charge in [0, 0.05) is 12.6 Å². The van der Waals surface area contributed by atoms with Crippen molar-refractivity contribution in [2.24, 2.45) is 5.92 Å². The van der Waals surface area contributed by atoms with Gasteiger partial charge in [0.25, 0.3) is 5.91 Å². The fourth-order valence-corrected chi connectivity index (χ4v) is 2.68. The van der Waals surface area contributed by atoms with Gasteiger partial charge in [0.05, 0.1) is 11.6 Å². The summed E-state index contributed by atoms with van der Waals surface area (Å²) >= 11 is 5.45. The Kier molecular flexibility index (Phi) is 4.75. The first-order valence-corrected chi connectivity index (χ1v) is 6.94. The zero-order valence-corrected chi connectivity index (χ0v) is 12.4. The lowest BCUT2D eigenvalue weighted by atomic mass is 10.0. The zero-order chi connectivity index (χ0) is 16.4. The number of anilines is 1. The quantitative estimate of drug-likeness (QED) is 0.523. The maximum absolute atomic E-state index is 13.8. The van der Waals surface area contributed by atoms with Crippen molar-refractivity contribution in [3.8, 4) is 0 Å². The predicted octanol–water partition coefficient (Wildman–Crippen LogP) is 1.99. The first-order chi connectivity index (χ1) is 10.4. The largest absolute Gasteiger partial charge is 0.333 e. The topological polar surface area (TPSA) is 66.5 Å². The minimum atomic E-state index is -1.05. The van der Waals surface area contributed by atoms with Gasteiger partial charge in [-0.25, -0.2) is 8.78 Å². The molecule has 0 aromatic heterocycles. The van der Waals surface area contributed by atoms with Gasteiger partial charge in [0.2, 0.25) is 12.2 Å². The summed E-state index contributed by atoms with van der Waals surface area (Å²) in [7, 11) is 0. The SMILES string of the molecule is C[C@H]1C(C(=O)Nc2ccc(F)c(Cl)c2F)CCN1C(=O)C=O. The van der Waals surface area contributed by atoms with E-state index in [1.807, 2.05) is 0 Å². The van der Waals surface area contributed by atoms with Crippen molar-refractivity contribution in [3.63, 3.8) is 0 Å². The Morgan fingerprint density at radius 2 is 2.09 bits per heavy atom. The van der Waals surface area contributed by atoms with E-state index < -0.39 is 40.4 Å². The minimum absolute atomic E-state index is 0.191. The van der Waals surface area contributed by atoms with E-state index in [0.717, 1.165) is 12.1 Å². The van der Waals surface area contributed by atoms with Crippen molar-refractivity contribution in [3.05, 3.63) is 28.8 Å². The maximum Gasteiger partial charge on any atom is 0.286 e. The second-order valence-electron chi connectivity index (χ2n) is 5.00. The number of carbonyl (C=O) groups excluding carboxylic acids is 3. The lowest BCUT2D eigenvalue weighted by molar-refractivity contribution is -0.139. The molecule has 118 valence electrons. The van der Waals surface area contributed by atoms with Crippen LogP contribution in [0.3, 0.4) is 0 Å². The Morgan fingerprint density at radius 3 is 2.73 bits per heavy atom. The van der Waals surface area contributed by atoms with Crippen LogP contribution in [0.15, 0.2) is 12.1 Å². The van der Waals surface area contributed by atoms with Crippen molar-refractivity contribution in [2.75, 3.05) is 11.9 Å². The predicted molar refractivity (Wildman–Crippen MR) is 75.3 cm³/mol. The summed E-state index contributed by atoms with van der Waals surface area (Å²) in [4.78, 5) is 35.4.